The van der Waals surface area contributed by atoms with Gasteiger partial charge in [-0.2, -0.15) is 0 Å². The molecular formula is C27H29NO3. The molecule has 0 unspecified atom stereocenters. The van der Waals surface area contributed by atoms with E-state index in [0.29, 0.717) is 12.8 Å². The summed E-state index contributed by atoms with van der Waals surface area (Å²) in [4.78, 5) is 13.2. The number of methoxy groups -OCH3 is 1. The van der Waals surface area contributed by atoms with E-state index in [-0.39, 0.29) is 23.5 Å². The third-order valence-electron chi connectivity index (χ3n) is 5.81. The molecule has 0 spiro atoms. The second kappa shape index (κ2) is 8.84. The standard InChI is InChI=1S/C27H29NO3/c1-27(2)18-24(22-15-14-21(30-3)16-25(22)31-27)28-26(29)17-23(19-10-6-4-7-11-19)20-12-8-5-9-13-20/h4-16,23-24H,17-18H2,1-3H3,(H,28,29)/t24-/m0/s1. The molecule has 0 bridgehead atoms. The summed E-state index contributed by atoms with van der Waals surface area (Å²) in [6.07, 6.45) is 1.09. The van der Waals surface area contributed by atoms with E-state index >= 15 is 0 Å². The molecule has 4 nitrogen and oxygen atoms in total. The summed E-state index contributed by atoms with van der Waals surface area (Å²) in [7, 11) is 1.64. The van der Waals surface area contributed by atoms with Crippen LogP contribution in [0, 0.1) is 0 Å². The zero-order chi connectivity index (χ0) is 21.8. The van der Waals surface area contributed by atoms with Crippen LogP contribution >= 0.6 is 0 Å². The SMILES string of the molecule is COc1ccc2c(c1)OC(C)(C)C[C@@H]2NC(=O)CC(c1ccccc1)c1ccccc1. The first-order valence-electron chi connectivity index (χ1n) is 10.7. The summed E-state index contributed by atoms with van der Waals surface area (Å²) < 4.78 is 11.5. The van der Waals surface area contributed by atoms with Crippen LogP contribution in [0.5, 0.6) is 11.5 Å². The minimum Gasteiger partial charge on any atom is -0.497 e. The van der Waals surface area contributed by atoms with Gasteiger partial charge in [0.1, 0.15) is 17.1 Å². The van der Waals surface area contributed by atoms with Gasteiger partial charge in [0.15, 0.2) is 0 Å². The molecule has 3 aromatic carbocycles. The molecular weight excluding hydrogens is 386 g/mol. The molecule has 1 amide bonds. The van der Waals surface area contributed by atoms with E-state index in [1.54, 1.807) is 7.11 Å². The zero-order valence-corrected chi connectivity index (χ0v) is 18.3. The highest BCUT2D eigenvalue weighted by molar-refractivity contribution is 5.78. The Kier molecular flexibility index (Phi) is 5.99. The fourth-order valence-corrected chi connectivity index (χ4v) is 4.33. The van der Waals surface area contributed by atoms with Crippen LogP contribution in [0.3, 0.4) is 0 Å². The van der Waals surface area contributed by atoms with Gasteiger partial charge in [-0.1, -0.05) is 60.7 Å². The van der Waals surface area contributed by atoms with E-state index in [1.807, 2.05) is 68.4 Å². The Hall–Kier alpha value is -3.27. The third kappa shape index (κ3) is 4.91. The van der Waals surface area contributed by atoms with E-state index in [4.69, 9.17) is 9.47 Å². The van der Waals surface area contributed by atoms with Crippen LogP contribution in [0.4, 0.5) is 0 Å². The smallest absolute Gasteiger partial charge is 0.221 e. The molecule has 4 heteroatoms. The first-order valence-corrected chi connectivity index (χ1v) is 10.7. The lowest BCUT2D eigenvalue weighted by molar-refractivity contribution is -0.122. The molecule has 31 heavy (non-hydrogen) atoms. The Morgan fingerprint density at radius 1 is 1.03 bits per heavy atom. The highest BCUT2D eigenvalue weighted by atomic mass is 16.5. The number of carbonyl (C=O) groups is 1. The van der Waals surface area contributed by atoms with Gasteiger partial charge in [-0.25, -0.2) is 0 Å². The lowest BCUT2D eigenvalue weighted by Crippen LogP contribution is -2.41. The summed E-state index contributed by atoms with van der Waals surface area (Å²) in [5.74, 6) is 1.55. The van der Waals surface area contributed by atoms with E-state index < -0.39 is 0 Å². The van der Waals surface area contributed by atoms with Crippen molar-refractivity contribution in [3.8, 4) is 11.5 Å². The molecule has 1 aliphatic heterocycles. The number of fused-ring (bicyclic) bond motifs is 1. The molecule has 0 aromatic heterocycles. The molecule has 1 N–H and O–H groups in total. The van der Waals surface area contributed by atoms with Crippen molar-refractivity contribution in [2.24, 2.45) is 0 Å². The number of amides is 1. The van der Waals surface area contributed by atoms with Crippen molar-refractivity contribution >= 4 is 5.91 Å². The van der Waals surface area contributed by atoms with Gasteiger partial charge in [0.2, 0.25) is 5.91 Å². The van der Waals surface area contributed by atoms with Gasteiger partial charge >= 0.3 is 0 Å². The number of nitrogens with one attached hydrogen (secondary N) is 1. The monoisotopic (exact) mass is 415 g/mol. The van der Waals surface area contributed by atoms with Crippen LogP contribution in [0.15, 0.2) is 78.9 Å². The largest absolute Gasteiger partial charge is 0.497 e. The van der Waals surface area contributed by atoms with Crippen molar-refractivity contribution in [1.29, 1.82) is 0 Å². The maximum absolute atomic E-state index is 13.2. The fraction of sp³-hybridized carbons (Fsp3) is 0.296. The Balaban J connectivity index is 1.57. The van der Waals surface area contributed by atoms with Gasteiger partial charge in [0, 0.05) is 30.4 Å². The molecule has 1 atom stereocenters. The van der Waals surface area contributed by atoms with Gasteiger partial charge < -0.3 is 14.8 Å². The first kappa shape index (κ1) is 21.0. The average Bonchev–Trinajstić information content (AvgIpc) is 2.77. The van der Waals surface area contributed by atoms with Crippen molar-refractivity contribution in [1.82, 2.24) is 5.32 Å². The van der Waals surface area contributed by atoms with Crippen molar-refractivity contribution < 1.29 is 14.3 Å². The van der Waals surface area contributed by atoms with Crippen molar-refractivity contribution in [2.75, 3.05) is 7.11 Å². The summed E-state index contributed by atoms with van der Waals surface area (Å²) in [6.45, 7) is 4.09. The molecule has 4 rings (SSSR count). The highest BCUT2D eigenvalue weighted by Gasteiger charge is 2.35. The minimum absolute atomic E-state index is 0.00517. The van der Waals surface area contributed by atoms with E-state index in [0.717, 1.165) is 28.2 Å². The normalized spacial score (nSPS) is 16.8. The van der Waals surface area contributed by atoms with E-state index in [9.17, 15) is 4.79 Å². The van der Waals surface area contributed by atoms with Gasteiger partial charge in [0.05, 0.1) is 13.2 Å². The van der Waals surface area contributed by atoms with Crippen LogP contribution in [0.1, 0.15) is 55.3 Å². The second-order valence-corrected chi connectivity index (χ2v) is 8.67. The maximum Gasteiger partial charge on any atom is 0.221 e. The van der Waals surface area contributed by atoms with Gasteiger partial charge in [-0.05, 0) is 37.1 Å². The minimum atomic E-state index is -0.379. The Morgan fingerprint density at radius 2 is 1.65 bits per heavy atom. The van der Waals surface area contributed by atoms with Crippen molar-refractivity contribution in [2.45, 2.75) is 44.2 Å². The Bertz CT molecular complexity index is 991. The summed E-state index contributed by atoms with van der Waals surface area (Å²) >= 11 is 0. The summed E-state index contributed by atoms with van der Waals surface area (Å²) in [5, 5.41) is 3.28. The van der Waals surface area contributed by atoms with Gasteiger partial charge in [0.25, 0.3) is 0 Å². The molecule has 0 fully saturated rings. The number of hydrogen-bond donors (Lipinski definition) is 1. The fourth-order valence-electron chi connectivity index (χ4n) is 4.33. The average molecular weight is 416 g/mol. The molecule has 3 aromatic rings. The first-order chi connectivity index (χ1) is 14.9. The molecule has 0 saturated heterocycles. The molecule has 0 radical (unpaired) electrons. The number of hydrogen-bond acceptors (Lipinski definition) is 3. The van der Waals surface area contributed by atoms with Gasteiger partial charge in [-0.15, -0.1) is 0 Å². The zero-order valence-electron chi connectivity index (χ0n) is 18.3. The summed E-state index contributed by atoms with van der Waals surface area (Å²) in [5.41, 5.74) is 2.89. The van der Waals surface area contributed by atoms with Crippen LogP contribution in [0.25, 0.3) is 0 Å². The number of benzene rings is 3. The molecule has 0 aliphatic carbocycles. The highest BCUT2D eigenvalue weighted by Crippen LogP contribution is 2.41. The lowest BCUT2D eigenvalue weighted by Gasteiger charge is -2.38. The Morgan fingerprint density at radius 3 is 2.23 bits per heavy atom. The van der Waals surface area contributed by atoms with E-state index in [2.05, 4.69) is 29.6 Å². The predicted molar refractivity (Wildman–Crippen MR) is 123 cm³/mol. The molecule has 1 heterocycles. The van der Waals surface area contributed by atoms with E-state index in [1.165, 1.54) is 0 Å². The second-order valence-electron chi connectivity index (χ2n) is 8.67. The van der Waals surface area contributed by atoms with Crippen molar-refractivity contribution in [3.63, 3.8) is 0 Å². The van der Waals surface area contributed by atoms with Crippen LogP contribution in [-0.2, 0) is 4.79 Å². The Labute approximate surface area is 184 Å². The predicted octanol–water partition coefficient (Wildman–Crippen LogP) is 5.64. The third-order valence-corrected chi connectivity index (χ3v) is 5.81. The van der Waals surface area contributed by atoms with Crippen molar-refractivity contribution in [3.05, 3.63) is 95.6 Å². The molecule has 1 aliphatic rings. The quantitative estimate of drug-likeness (QED) is 0.567. The lowest BCUT2D eigenvalue weighted by atomic mass is 9.87. The number of carbonyl (C=O) groups excluding carboxylic acids is 1. The maximum atomic E-state index is 13.2. The number of ether oxygens (including phenoxy) is 2. The molecule has 0 saturated carbocycles. The summed E-state index contributed by atoms with van der Waals surface area (Å²) in [6, 6.07) is 26.1. The van der Waals surface area contributed by atoms with Crippen LogP contribution in [-0.4, -0.2) is 18.6 Å². The topological polar surface area (TPSA) is 47.6 Å². The van der Waals surface area contributed by atoms with Gasteiger partial charge in [-0.3, -0.25) is 4.79 Å². The number of rotatable bonds is 6. The molecule has 160 valence electrons. The van der Waals surface area contributed by atoms with Crippen LogP contribution < -0.4 is 14.8 Å². The van der Waals surface area contributed by atoms with Crippen LogP contribution in [0.2, 0.25) is 0 Å².